The van der Waals surface area contributed by atoms with Crippen LogP contribution in [0, 0.1) is 0 Å². The van der Waals surface area contributed by atoms with E-state index >= 15 is 0 Å². The second kappa shape index (κ2) is 3.49. The van der Waals surface area contributed by atoms with Crippen molar-refractivity contribution in [1.29, 1.82) is 0 Å². The number of nitrogens with zero attached hydrogens (tertiary/aromatic N) is 3. The number of hydrogen-bond acceptors (Lipinski definition) is 5. The van der Waals surface area contributed by atoms with Gasteiger partial charge in [-0.15, -0.1) is 0 Å². The van der Waals surface area contributed by atoms with Gasteiger partial charge in [-0.05, 0) is 0 Å². The van der Waals surface area contributed by atoms with Gasteiger partial charge in [-0.1, -0.05) is 0 Å². The molecule has 6 nitrogen and oxygen atoms in total. The molecule has 0 N–H and O–H groups in total. The Morgan fingerprint density at radius 2 is 2.40 bits per heavy atom. The number of ether oxygens (including phenoxy) is 1. The molecule has 0 atom stereocenters. The first-order chi connectivity index (χ1) is 7.27. The molecule has 0 unspecified atom stereocenters. The lowest BCUT2D eigenvalue weighted by molar-refractivity contribution is 0.0596. The summed E-state index contributed by atoms with van der Waals surface area (Å²) in [4.78, 5) is 25.9. The van der Waals surface area contributed by atoms with E-state index in [-0.39, 0.29) is 5.69 Å². The molecule has 0 aliphatic carbocycles. The number of aldehydes is 1. The van der Waals surface area contributed by atoms with Crippen LogP contribution in [0.5, 0.6) is 0 Å². The molecule has 0 spiro atoms. The van der Waals surface area contributed by atoms with Crippen LogP contribution >= 0.6 is 0 Å². The van der Waals surface area contributed by atoms with E-state index in [1.54, 1.807) is 6.20 Å². The molecule has 0 amide bonds. The first kappa shape index (κ1) is 9.32. The molecular weight excluding hydrogens is 198 g/mol. The average molecular weight is 205 g/mol. The van der Waals surface area contributed by atoms with Crippen LogP contribution in [-0.2, 0) is 4.74 Å². The van der Waals surface area contributed by atoms with E-state index in [1.807, 2.05) is 0 Å². The van der Waals surface area contributed by atoms with E-state index < -0.39 is 5.97 Å². The number of hydrogen-bond donors (Lipinski definition) is 0. The highest BCUT2D eigenvalue weighted by Gasteiger charge is 2.16. The SMILES string of the molecule is COC(=O)c1nccn2ncc(C=O)c12. The summed E-state index contributed by atoms with van der Waals surface area (Å²) in [5, 5.41) is 3.90. The fourth-order valence-corrected chi connectivity index (χ4v) is 1.30. The van der Waals surface area contributed by atoms with Crippen molar-refractivity contribution in [3.8, 4) is 0 Å². The highest BCUT2D eigenvalue weighted by Crippen LogP contribution is 2.12. The zero-order valence-electron chi connectivity index (χ0n) is 7.88. The second-order valence-corrected chi connectivity index (χ2v) is 2.78. The lowest BCUT2D eigenvalue weighted by Gasteiger charge is -2.00. The van der Waals surface area contributed by atoms with Crippen LogP contribution in [0.1, 0.15) is 20.8 Å². The van der Waals surface area contributed by atoms with Crippen molar-refractivity contribution in [2.75, 3.05) is 7.11 Å². The van der Waals surface area contributed by atoms with Crippen LogP contribution in [0.15, 0.2) is 18.6 Å². The summed E-state index contributed by atoms with van der Waals surface area (Å²) in [5.41, 5.74) is 0.752. The zero-order chi connectivity index (χ0) is 10.8. The van der Waals surface area contributed by atoms with E-state index in [2.05, 4.69) is 14.8 Å². The Morgan fingerprint density at radius 3 is 3.07 bits per heavy atom. The monoisotopic (exact) mass is 205 g/mol. The third kappa shape index (κ3) is 1.35. The standard InChI is InChI=1S/C9H7N3O3/c1-15-9(14)7-8-6(5-13)4-11-12(8)3-2-10-7/h2-5H,1H3. The molecule has 2 aromatic heterocycles. The van der Waals surface area contributed by atoms with Crippen molar-refractivity contribution in [1.82, 2.24) is 14.6 Å². The predicted octanol–water partition coefficient (Wildman–Crippen LogP) is 0.328. The third-order valence-electron chi connectivity index (χ3n) is 1.97. The molecule has 0 fully saturated rings. The number of carbonyl (C=O) groups is 2. The molecule has 0 aliphatic heterocycles. The van der Waals surface area contributed by atoms with E-state index in [1.165, 1.54) is 24.0 Å². The summed E-state index contributed by atoms with van der Waals surface area (Å²) >= 11 is 0. The number of aromatic nitrogens is 3. The summed E-state index contributed by atoms with van der Waals surface area (Å²) < 4.78 is 5.96. The zero-order valence-corrected chi connectivity index (χ0v) is 7.88. The van der Waals surface area contributed by atoms with Gasteiger partial charge in [0.15, 0.2) is 12.0 Å². The molecule has 15 heavy (non-hydrogen) atoms. The second-order valence-electron chi connectivity index (χ2n) is 2.78. The van der Waals surface area contributed by atoms with Crippen molar-refractivity contribution >= 4 is 17.8 Å². The minimum atomic E-state index is -0.593. The Bertz CT molecular complexity index is 532. The smallest absolute Gasteiger partial charge is 0.358 e. The van der Waals surface area contributed by atoms with Gasteiger partial charge in [-0.2, -0.15) is 5.10 Å². The van der Waals surface area contributed by atoms with Crippen LogP contribution in [0.4, 0.5) is 0 Å². The lowest BCUT2D eigenvalue weighted by Crippen LogP contribution is -2.07. The molecule has 0 aromatic carbocycles. The van der Waals surface area contributed by atoms with Gasteiger partial charge in [0.2, 0.25) is 0 Å². The number of esters is 1. The maximum Gasteiger partial charge on any atom is 0.358 e. The maximum atomic E-state index is 11.4. The van der Waals surface area contributed by atoms with Gasteiger partial charge >= 0.3 is 5.97 Å². The Kier molecular flexibility index (Phi) is 2.17. The number of fused-ring (bicyclic) bond motifs is 1. The predicted molar refractivity (Wildman–Crippen MR) is 49.7 cm³/mol. The fraction of sp³-hybridized carbons (Fsp3) is 0.111. The van der Waals surface area contributed by atoms with Crippen LogP contribution in [-0.4, -0.2) is 34.0 Å². The van der Waals surface area contributed by atoms with Crippen LogP contribution in [0.25, 0.3) is 5.52 Å². The molecule has 0 saturated heterocycles. The summed E-state index contributed by atoms with van der Waals surface area (Å²) in [5.74, 6) is -0.593. The molecule has 2 heterocycles. The number of carbonyl (C=O) groups excluding carboxylic acids is 2. The molecule has 6 heteroatoms. The first-order valence-corrected chi connectivity index (χ1v) is 4.13. The molecule has 2 aromatic rings. The van der Waals surface area contributed by atoms with Gasteiger partial charge in [-0.3, -0.25) is 4.79 Å². The van der Waals surface area contributed by atoms with Crippen LogP contribution in [0.2, 0.25) is 0 Å². The molecule has 2 rings (SSSR count). The van der Waals surface area contributed by atoms with Crippen molar-refractivity contribution in [3.63, 3.8) is 0 Å². The average Bonchev–Trinajstić information content (AvgIpc) is 2.70. The highest BCUT2D eigenvalue weighted by atomic mass is 16.5. The molecule has 0 aliphatic rings. The Morgan fingerprint density at radius 1 is 1.60 bits per heavy atom. The third-order valence-corrected chi connectivity index (χ3v) is 1.97. The maximum absolute atomic E-state index is 11.4. The van der Waals surface area contributed by atoms with Crippen LogP contribution < -0.4 is 0 Å². The first-order valence-electron chi connectivity index (χ1n) is 4.13. The van der Waals surface area contributed by atoms with Gasteiger partial charge in [0.05, 0.1) is 18.9 Å². The minimum absolute atomic E-state index is 0.0830. The quantitative estimate of drug-likeness (QED) is 0.521. The van der Waals surface area contributed by atoms with Gasteiger partial charge in [0.25, 0.3) is 0 Å². The number of methoxy groups -OCH3 is 1. The Labute approximate surface area is 84.5 Å². The van der Waals surface area contributed by atoms with Gasteiger partial charge in [0.1, 0.15) is 5.52 Å². The summed E-state index contributed by atoms with van der Waals surface area (Å²) in [6.45, 7) is 0. The van der Waals surface area contributed by atoms with Gasteiger partial charge in [0, 0.05) is 12.4 Å². The highest BCUT2D eigenvalue weighted by molar-refractivity contribution is 6.00. The molecule has 0 bridgehead atoms. The molecular formula is C9H7N3O3. The normalized spacial score (nSPS) is 10.2. The van der Waals surface area contributed by atoms with Crippen molar-refractivity contribution < 1.29 is 14.3 Å². The summed E-state index contributed by atoms with van der Waals surface area (Å²) in [6, 6.07) is 0. The summed E-state index contributed by atoms with van der Waals surface area (Å²) in [6.07, 6.45) is 4.96. The van der Waals surface area contributed by atoms with Gasteiger partial charge < -0.3 is 4.74 Å². The molecule has 76 valence electrons. The lowest BCUT2D eigenvalue weighted by atomic mass is 10.2. The van der Waals surface area contributed by atoms with Crippen molar-refractivity contribution in [2.24, 2.45) is 0 Å². The van der Waals surface area contributed by atoms with E-state index in [9.17, 15) is 9.59 Å². The molecule has 0 saturated carbocycles. The van der Waals surface area contributed by atoms with Gasteiger partial charge in [-0.25, -0.2) is 14.3 Å². The van der Waals surface area contributed by atoms with Crippen molar-refractivity contribution in [2.45, 2.75) is 0 Å². The number of rotatable bonds is 2. The Hall–Kier alpha value is -2.24. The van der Waals surface area contributed by atoms with Crippen LogP contribution in [0.3, 0.4) is 0 Å². The van der Waals surface area contributed by atoms with E-state index in [0.29, 0.717) is 17.4 Å². The summed E-state index contributed by atoms with van der Waals surface area (Å²) in [7, 11) is 1.25. The fourth-order valence-electron chi connectivity index (χ4n) is 1.30. The van der Waals surface area contributed by atoms with E-state index in [4.69, 9.17) is 0 Å². The van der Waals surface area contributed by atoms with Crippen molar-refractivity contribution in [3.05, 3.63) is 29.8 Å². The molecule has 0 radical (unpaired) electrons. The topological polar surface area (TPSA) is 73.6 Å². The van der Waals surface area contributed by atoms with E-state index in [0.717, 1.165) is 0 Å². The minimum Gasteiger partial charge on any atom is -0.464 e. The largest absolute Gasteiger partial charge is 0.464 e. The Balaban J connectivity index is 2.77.